The zero-order chi connectivity index (χ0) is 27.0. The van der Waals surface area contributed by atoms with E-state index in [0.29, 0.717) is 34.4 Å². The SMILES string of the molecule is CCCOc1ccc(C2/C(=C(\O)c3ccc(OC)cc3)C(=O)C(=O)N2c2nc3c(C)cc(C)cc3s2)cc1. The van der Waals surface area contributed by atoms with E-state index < -0.39 is 17.7 Å². The largest absolute Gasteiger partial charge is 0.507 e. The Kier molecular flexibility index (Phi) is 6.91. The minimum atomic E-state index is -0.862. The van der Waals surface area contributed by atoms with Crippen molar-refractivity contribution in [2.24, 2.45) is 0 Å². The van der Waals surface area contributed by atoms with E-state index >= 15 is 0 Å². The summed E-state index contributed by atoms with van der Waals surface area (Å²) >= 11 is 1.35. The number of aliphatic hydroxyl groups is 1. The highest BCUT2D eigenvalue weighted by Gasteiger charge is 2.48. The van der Waals surface area contributed by atoms with E-state index in [2.05, 4.69) is 0 Å². The maximum Gasteiger partial charge on any atom is 0.301 e. The first-order valence-corrected chi connectivity index (χ1v) is 13.2. The maximum absolute atomic E-state index is 13.5. The van der Waals surface area contributed by atoms with Gasteiger partial charge >= 0.3 is 5.91 Å². The Hall–Kier alpha value is -4.17. The van der Waals surface area contributed by atoms with Gasteiger partial charge in [0.05, 0.1) is 35.5 Å². The standard InChI is InChI=1S/C30H28N2O5S/c1-5-14-37-22-12-6-19(7-13-22)26-24(27(33)20-8-10-21(36-4)11-9-20)28(34)29(35)32(26)30-31-25-18(3)15-17(2)16-23(25)38-30/h6-13,15-16,26,33H,5,14H2,1-4H3/b27-24+. The number of nitrogens with zero attached hydrogens (tertiary/aromatic N) is 2. The number of rotatable bonds is 7. The molecule has 0 aliphatic carbocycles. The number of fused-ring (bicyclic) bond motifs is 1. The smallest absolute Gasteiger partial charge is 0.301 e. The van der Waals surface area contributed by atoms with Crippen molar-refractivity contribution < 1.29 is 24.2 Å². The summed E-state index contributed by atoms with van der Waals surface area (Å²) in [6.45, 7) is 6.60. The molecule has 1 saturated heterocycles. The molecule has 1 aliphatic rings. The number of aryl methyl sites for hydroxylation is 2. The summed E-state index contributed by atoms with van der Waals surface area (Å²) in [6, 6.07) is 17.2. The van der Waals surface area contributed by atoms with Crippen LogP contribution in [-0.4, -0.2) is 35.5 Å². The molecule has 38 heavy (non-hydrogen) atoms. The van der Waals surface area contributed by atoms with E-state index in [1.807, 2.05) is 57.2 Å². The molecule has 1 unspecified atom stereocenters. The molecule has 8 heteroatoms. The van der Waals surface area contributed by atoms with Crippen molar-refractivity contribution in [3.63, 3.8) is 0 Å². The lowest BCUT2D eigenvalue weighted by Crippen LogP contribution is -2.29. The number of anilines is 1. The van der Waals surface area contributed by atoms with Crippen LogP contribution in [0.3, 0.4) is 0 Å². The Morgan fingerprint density at radius 3 is 2.37 bits per heavy atom. The number of benzene rings is 3. The Morgan fingerprint density at radius 2 is 1.71 bits per heavy atom. The highest BCUT2D eigenvalue weighted by molar-refractivity contribution is 7.22. The molecule has 1 aromatic heterocycles. The van der Waals surface area contributed by atoms with Crippen LogP contribution >= 0.6 is 11.3 Å². The van der Waals surface area contributed by atoms with Crippen LogP contribution in [0.25, 0.3) is 16.0 Å². The Balaban J connectivity index is 1.67. The van der Waals surface area contributed by atoms with Crippen molar-refractivity contribution in [1.82, 2.24) is 4.98 Å². The predicted octanol–water partition coefficient (Wildman–Crippen LogP) is 6.34. The Morgan fingerprint density at radius 1 is 1.03 bits per heavy atom. The number of ether oxygens (including phenoxy) is 2. The first-order valence-electron chi connectivity index (χ1n) is 12.4. The number of hydrogen-bond acceptors (Lipinski definition) is 7. The molecule has 194 valence electrons. The van der Waals surface area contributed by atoms with Gasteiger partial charge in [0.2, 0.25) is 0 Å². The molecule has 4 aromatic rings. The van der Waals surface area contributed by atoms with Gasteiger partial charge in [0.1, 0.15) is 17.3 Å². The number of ketones is 1. The van der Waals surface area contributed by atoms with Crippen LogP contribution < -0.4 is 14.4 Å². The minimum Gasteiger partial charge on any atom is -0.507 e. The third-order valence-corrected chi connectivity index (χ3v) is 7.50. The quantitative estimate of drug-likeness (QED) is 0.171. The average Bonchev–Trinajstić information content (AvgIpc) is 3.46. The number of thiazole rings is 1. The van der Waals surface area contributed by atoms with Crippen LogP contribution in [0.2, 0.25) is 0 Å². The topological polar surface area (TPSA) is 89.0 Å². The zero-order valence-electron chi connectivity index (χ0n) is 21.6. The van der Waals surface area contributed by atoms with Crippen molar-refractivity contribution in [3.05, 3.63) is 88.5 Å². The van der Waals surface area contributed by atoms with Gasteiger partial charge < -0.3 is 14.6 Å². The van der Waals surface area contributed by atoms with Gasteiger partial charge in [-0.2, -0.15) is 0 Å². The summed E-state index contributed by atoms with van der Waals surface area (Å²) in [7, 11) is 1.55. The normalized spacial score (nSPS) is 16.8. The van der Waals surface area contributed by atoms with Gasteiger partial charge in [-0.05, 0) is 79.4 Å². The number of carbonyl (C=O) groups is 2. The van der Waals surface area contributed by atoms with Crippen LogP contribution in [-0.2, 0) is 9.59 Å². The number of methoxy groups -OCH3 is 1. The van der Waals surface area contributed by atoms with Gasteiger partial charge in [-0.3, -0.25) is 14.5 Å². The fourth-order valence-corrected chi connectivity index (χ4v) is 5.85. The van der Waals surface area contributed by atoms with Crippen LogP contribution in [0.5, 0.6) is 11.5 Å². The van der Waals surface area contributed by atoms with Crippen molar-refractivity contribution in [3.8, 4) is 11.5 Å². The highest BCUT2D eigenvalue weighted by Crippen LogP contribution is 2.45. The molecular weight excluding hydrogens is 500 g/mol. The van der Waals surface area contributed by atoms with Crippen molar-refractivity contribution >= 4 is 44.1 Å². The van der Waals surface area contributed by atoms with Crippen LogP contribution in [0.1, 0.15) is 41.6 Å². The molecule has 3 aromatic carbocycles. The molecule has 1 atom stereocenters. The fraction of sp³-hybridized carbons (Fsp3) is 0.233. The molecular formula is C30H28N2O5S. The minimum absolute atomic E-state index is 0.00884. The second-order valence-corrected chi connectivity index (χ2v) is 10.2. The van der Waals surface area contributed by atoms with Crippen LogP contribution in [0, 0.1) is 13.8 Å². The number of hydrogen-bond donors (Lipinski definition) is 1. The van der Waals surface area contributed by atoms with Crippen molar-refractivity contribution in [1.29, 1.82) is 0 Å². The van der Waals surface area contributed by atoms with E-state index in [9.17, 15) is 14.7 Å². The molecule has 0 radical (unpaired) electrons. The van der Waals surface area contributed by atoms with Gasteiger partial charge in [0, 0.05) is 5.56 Å². The van der Waals surface area contributed by atoms with E-state index in [1.54, 1.807) is 31.4 Å². The molecule has 1 aliphatic heterocycles. The first kappa shape index (κ1) is 25.5. The zero-order valence-corrected chi connectivity index (χ0v) is 22.5. The molecule has 0 saturated carbocycles. The first-order chi connectivity index (χ1) is 18.3. The fourth-order valence-electron chi connectivity index (χ4n) is 4.68. The lowest BCUT2D eigenvalue weighted by Gasteiger charge is -2.23. The van der Waals surface area contributed by atoms with Crippen molar-refractivity contribution in [2.45, 2.75) is 33.2 Å². The summed E-state index contributed by atoms with van der Waals surface area (Å²) in [4.78, 5) is 33.2. The summed E-state index contributed by atoms with van der Waals surface area (Å²) in [6.07, 6.45) is 0.875. The van der Waals surface area contributed by atoms with E-state index in [0.717, 1.165) is 27.8 Å². The lowest BCUT2D eigenvalue weighted by molar-refractivity contribution is -0.132. The van der Waals surface area contributed by atoms with E-state index in [-0.39, 0.29) is 11.3 Å². The lowest BCUT2D eigenvalue weighted by atomic mass is 9.95. The maximum atomic E-state index is 13.5. The highest BCUT2D eigenvalue weighted by atomic mass is 32.1. The van der Waals surface area contributed by atoms with Crippen LogP contribution in [0.15, 0.2) is 66.2 Å². The van der Waals surface area contributed by atoms with Crippen molar-refractivity contribution in [2.75, 3.05) is 18.6 Å². The van der Waals surface area contributed by atoms with Gasteiger partial charge in [0.15, 0.2) is 5.13 Å². The molecule has 2 heterocycles. The Bertz CT molecular complexity index is 1550. The summed E-state index contributed by atoms with van der Waals surface area (Å²) in [5.74, 6) is -0.445. The van der Waals surface area contributed by atoms with Gasteiger partial charge in [-0.25, -0.2) is 4.98 Å². The third-order valence-electron chi connectivity index (χ3n) is 6.50. The Labute approximate surface area is 225 Å². The summed E-state index contributed by atoms with van der Waals surface area (Å²) < 4.78 is 11.9. The molecule has 1 fully saturated rings. The predicted molar refractivity (Wildman–Crippen MR) is 149 cm³/mol. The molecule has 7 nitrogen and oxygen atoms in total. The average molecular weight is 529 g/mol. The number of carbonyl (C=O) groups excluding carboxylic acids is 2. The number of aromatic nitrogens is 1. The molecule has 5 rings (SSSR count). The van der Waals surface area contributed by atoms with E-state index in [4.69, 9.17) is 14.5 Å². The summed E-state index contributed by atoms with van der Waals surface area (Å²) in [5.41, 5.74) is 3.95. The molecule has 1 N–H and O–H groups in total. The monoisotopic (exact) mass is 528 g/mol. The van der Waals surface area contributed by atoms with Gasteiger partial charge in [0.25, 0.3) is 5.78 Å². The molecule has 1 amide bonds. The second kappa shape index (κ2) is 10.3. The van der Waals surface area contributed by atoms with Gasteiger partial charge in [-0.15, -0.1) is 0 Å². The van der Waals surface area contributed by atoms with Gasteiger partial charge in [-0.1, -0.05) is 36.5 Å². The number of amides is 1. The molecule has 0 bridgehead atoms. The molecule has 0 spiro atoms. The summed E-state index contributed by atoms with van der Waals surface area (Å²) in [5, 5.41) is 11.8. The van der Waals surface area contributed by atoms with E-state index in [1.165, 1.54) is 16.2 Å². The van der Waals surface area contributed by atoms with Crippen LogP contribution in [0.4, 0.5) is 5.13 Å². The number of Topliss-reactive ketones (excluding diaryl/α,β-unsaturated/α-hetero) is 1. The third kappa shape index (κ3) is 4.52. The number of aliphatic hydroxyl groups excluding tert-OH is 1. The second-order valence-electron chi connectivity index (χ2n) is 9.24.